The first kappa shape index (κ1) is 15.4. The maximum absolute atomic E-state index is 6.34. The predicted octanol–water partition coefficient (Wildman–Crippen LogP) is 3.65. The van der Waals surface area contributed by atoms with Gasteiger partial charge in [0.05, 0.1) is 0 Å². The fraction of sp³-hybridized carbons (Fsp3) is 0. The Balaban J connectivity index is 2.25. The van der Waals surface area contributed by atoms with Gasteiger partial charge in [0, 0.05) is 0 Å². The predicted molar refractivity (Wildman–Crippen MR) is 88.2 cm³/mol. The standard InChI is InChI=1S/C12H10Cl4OSi2/c13-18(14,11-7-3-1-4-8-11)17-19(15,16)12-9-5-2-6-10-12/h1-10H. The average molecular weight is 368 g/mol. The zero-order valence-corrected chi connectivity index (χ0v) is 14.7. The lowest BCUT2D eigenvalue weighted by Crippen LogP contribution is -2.52. The summed E-state index contributed by atoms with van der Waals surface area (Å²) in [5, 5.41) is 1.46. The Labute approximate surface area is 133 Å². The average Bonchev–Trinajstić information content (AvgIpc) is 2.40. The van der Waals surface area contributed by atoms with Gasteiger partial charge in [-0.25, -0.2) is 0 Å². The Morgan fingerprint density at radius 3 is 1.21 bits per heavy atom. The Morgan fingerprint density at radius 1 is 0.579 bits per heavy atom. The van der Waals surface area contributed by atoms with E-state index in [4.69, 9.17) is 48.4 Å². The van der Waals surface area contributed by atoms with Crippen molar-refractivity contribution in [2.45, 2.75) is 0 Å². The molecular weight excluding hydrogens is 358 g/mol. The Hall–Kier alpha value is -0.00623. The van der Waals surface area contributed by atoms with Crippen molar-refractivity contribution in [1.82, 2.24) is 0 Å². The summed E-state index contributed by atoms with van der Waals surface area (Å²) in [4.78, 5) is 0. The van der Waals surface area contributed by atoms with Gasteiger partial charge in [-0.1, -0.05) is 60.7 Å². The van der Waals surface area contributed by atoms with Crippen LogP contribution in [0.1, 0.15) is 0 Å². The van der Waals surface area contributed by atoms with Crippen molar-refractivity contribution in [3.8, 4) is 0 Å². The topological polar surface area (TPSA) is 9.23 Å². The molecule has 2 aromatic carbocycles. The summed E-state index contributed by atoms with van der Waals surface area (Å²) in [6.07, 6.45) is 0. The normalized spacial score (nSPS) is 12.4. The van der Waals surface area contributed by atoms with E-state index >= 15 is 0 Å². The van der Waals surface area contributed by atoms with Crippen LogP contribution in [0.4, 0.5) is 0 Å². The molecule has 0 aliphatic rings. The third kappa shape index (κ3) is 3.98. The van der Waals surface area contributed by atoms with Crippen LogP contribution in [-0.2, 0) is 4.12 Å². The van der Waals surface area contributed by atoms with Crippen LogP contribution in [0, 0.1) is 0 Å². The van der Waals surface area contributed by atoms with E-state index in [-0.39, 0.29) is 0 Å². The van der Waals surface area contributed by atoms with Crippen LogP contribution in [0.15, 0.2) is 60.7 Å². The molecule has 0 aliphatic carbocycles. The van der Waals surface area contributed by atoms with Crippen molar-refractivity contribution in [2.24, 2.45) is 0 Å². The SMILES string of the molecule is Cl[Si](Cl)(O[Si](Cl)(Cl)c1ccccc1)c1ccccc1. The van der Waals surface area contributed by atoms with E-state index < -0.39 is 13.9 Å². The van der Waals surface area contributed by atoms with Gasteiger partial charge in [-0.15, -0.1) is 44.3 Å². The molecule has 1 nitrogen and oxygen atoms in total. The Bertz CT molecular complexity index is 484. The number of rotatable bonds is 4. The van der Waals surface area contributed by atoms with Crippen LogP contribution >= 0.6 is 44.3 Å². The summed E-state index contributed by atoms with van der Waals surface area (Å²) >= 11 is 25.4. The lowest BCUT2D eigenvalue weighted by molar-refractivity contribution is 0.630. The second-order valence-corrected chi connectivity index (χ2v) is 15.5. The van der Waals surface area contributed by atoms with E-state index in [1.54, 1.807) is 0 Å². The highest BCUT2D eigenvalue weighted by Crippen LogP contribution is 2.27. The Morgan fingerprint density at radius 2 is 0.895 bits per heavy atom. The molecule has 7 heteroatoms. The van der Waals surface area contributed by atoms with Gasteiger partial charge in [-0.2, -0.15) is 0 Å². The van der Waals surface area contributed by atoms with Gasteiger partial charge >= 0.3 is 13.9 Å². The third-order valence-electron chi connectivity index (χ3n) is 2.48. The van der Waals surface area contributed by atoms with E-state index in [0.29, 0.717) is 0 Å². The first-order chi connectivity index (χ1) is 8.92. The molecular formula is C12H10Cl4OSi2. The molecule has 0 fully saturated rings. The summed E-state index contributed by atoms with van der Waals surface area (Å²) in [5.74, 6) is 0. The van der Waals surface area contributed by atoms with Gasteiger partial charge in [0.25, 0.3) is 0 Å². The maximum Gasteiger partial charge on any atom is 0.415 e. The molecule has 0 radical (unpaired) electrons. The minimum Gasteiger partial charge on any atom is -0.404 e. The molecule has 2 rings (SSSR count). The van der Waals surface area contributed by atoms with Gasteiger partial charge in [0.2, 0.25) is 0 Å². The molecule has 100 valence electrons. The molecule has 0 atom stereocenters. The summed E-state index contributed by atoms with van der Waals surface area (Å²) in [6.45, 7) is -6.31. The summed E-state index contributed by atoms with van der Waals surface area (Å²) in [7, 11) is 0. The van der Waals surface area contributed by atoms with Crippen molar-refractivity contribution in [2.75, 3.05) is 0 Å². The zero-order chi connectivity index (χ0) is 13.9. The molecule has 0 heterocycles. The first-order valence-corrected chi connectivity index (χ1v) is 13.3. The number of hydrogen-bond donors (Lipinski definition) is 0. The quantitative estimate of drug-likeness (QED) is 0.592. The molecule has 0 bridgehead atoms. The van der Waals surface area contributed by atoms with E-state index in [1.165, 1.54) is 0 Å². The minimum atomic E-state index is -3.16. The number of halogens is 4. The van der Waals surface area contributed by atoms with Crippen molar-refractivity contribution in [1.29, 1.82) is 0 Å². The smallest absolute Gasteiger partial charge is 0.404 e. The second-order valence-electron chi connectivity index (χ2n) is 3.87. The van der Waals surface area contributed by atoms with Gasteiger partial charge in [-0.3, -0.25) is 0 Å². The van der Waals surface area contributed by atoms with Crippen molar-refractivity contribution >= 4 is 68.6 Å². The molecule has 0 saturated heterocycles. The molecule has 0 saturated carbocycles. The molecule has 0 spiro atoms. The van der Waals surface area contributed by atoms with Crippen molar-refractivity contribution in [3.05, 3.63) is 60.7 Å². The number of benzene rings is 2. The van der Waals surface area contributed by atoms with Crippen LogP contribution < -0.4 is 10.4 Å². The molecule has 0 amide bonds. The van der Waals surface area contributed by atoms with Crippen LogP contribution in [0.5, 0.6) is 0 Å². The van der Waals surface area contributed by atoms with E-state index in [1.807, 2.05) is 60.7 Å². The highest BCUT2D eigenvalue weighted by molar-refractivity contribution is 7.56. The first-order valence-electron chi connectivity index (χ1n) is 5.49. The van der Waals surface area contributed by atoms with E-state index in [9.17, 15) is 0 Å². The fourth-order valence-electron chi connectivity index (χ4n) is 1.54. The highest BCUT2D eigenvalue weighted by Gasteiger charge is 2.45. The van der Waals surface area contributed by atoms with Crippen molar-refractivity contribution < 1.29 is 4.12 Å². The highest BCUT2D eigenvalue weighted by atomic mass is 35.7. The fourth-order valence-corrected chi connectivity index (χ4v) is 12.0. The second kappa shape index (κ2) is 6.18. The molecule has 0 N–H and O–H groups in total. The minimum absolute atomic E-state index is 0.729. The lowest BCUT2D eigenvalue weighted by atomic mass is 10.4. The van der Waals surface area contributed by atoms with Crippen LogP contribution in [0.25, 0.3) is 0 Å². The van der Waals surface area contributed by atoms with Crippen LogP contribution in [0.3, 0.4) is 0 Å². The zero-order valence-electron chi connectivity index (χ0n) is 9.69. The molecule has 0 aromatic heterocycles. The van der Waals surface area contributed by atoms with Gasteiger partial charge in [-0.05, 0) is 10.4 Å². The van der Waals surface area contributed by atoms with Gasteiger partial charge < -0.3 is 4.12 Å². The largest absolute Gasteiger partial charge is 0.415 e. The van der Waals surface area contributed by atoms with E-state index in [0.717, 1.165) is 10.4 Å². The lowest BCUT2D eigenvalue weighted by Gasteiger charge is -2.26. The molecule has 0 aliphatic heterocycles. The molecule has 19 heavy (non-hydrogen) atoms. The molecule has 2 aromatic rings. The summed E-state index contributed by atoms with van der Waals surface area (Å²) < 4.78 is 5.74. The van der Waals surface area contributed by atoms with Gasteiger partial charge in [0.1, 0.15) is 0 Å². The third-order valence-corrected chi connectivity index (χ3v) is 11.9. The summed E-state index contributed by atoms with van der Waals surface area (Å²) in [6, 6.07) is 18.4. The van der Waals surface area contributed by atoms with Gasteiger partial charge in [0.15, 0.2) is 0 Å². The maximum atomic E-state index is 6.34. The van der Waals surface area contributed by atoms with Crippen LogP contribution in [-0.4, -0.2) is 13.9 Å². The number of hydrogen-bond acceptors (Lipinski definition) is 1. The molecule has 0 unspecified atom stereocenters. The Kier molecular flexibility index (Phi) is 5.01. The summed E-state index contributed by atoms with van der Waals surface area (Å²) in [5.41, 5.74) is 0. The van der Waals surface area contributed by atoms with Crippen molar-refractivity contribution in [3.63, 3.8) is 0 Å². The van der Waals surface area contributed by atoms with E-state index in [2.05, 4.69) is 0 Å². The van der Waals surface area contributed by atoms with Crippen LogP contribution in [0.2, 0.25) is 0 Å². The monoisotopic (exact) mass is 366 g/mol.